The van der Waals surface area contributed by atoms with E-state index in [1.165, 1.54) is 4.90 Å². The Bertz CT molecular complexity index is 793. The SMILES string of the molecule is Cc1cccc(OC[C@H](O)CN2C(=O)[C@H](C)N(c3ccccc3)C2=O)c1. The summed E-state index contributed by atoms with van der Waals surface area (Å²) < 4.78 is 5.55. The molecule has 2 aromatic rings. The fourth-order valence-electron chi connectivity index (χ4n) is 2.98. The molecule has 0 radical (unpaired) electrons. The topological polar surface area (TPSA) is 70.1 Å². The number of aliphatic hydroxyl groups excluding tert-OH is 1. The Hall–Kier alpha value is -2.86. The van der Waals surface area contributed by atoms with Crippen molar-refractivity contribution in [1.82, 2.24) is 4.90 Å². The molecular weight excluding hydrogens is 332 g/mol. The van der Waals surface area contributed by atoms with Crippen LogP contribution in [0.4, 0.5) is 10.5 Å². The van der Waals surface area contributed by atoms with Crippen molar-refractivity contribution < 1.29 is 19.4 Å². The molecule has 0 spiro atoms. The van der Waals surface area contributed by atoms with E-state index < -0.39 is 18.2 Å². The zero-order valence-electron chi connectivity index (χ0n) is 14.8. The minimum absolute atomic E-state index is 0.000229. The quantitative estimate of drug-likeness (QED) is 0.810. The number of aryl methyl sites for hydroxylation is 1. The summed E-state index contributed by atoms with van der Waals surface area (Å²) in [5.41, 5.74) is 1.71. The summed E-state index contributed by atoms with van der Waals surface area (Å²) >= 11 is 0. The van der Waals surface area contributed by atoms with E-state index in [4.69, 9.17) is 4.74 Å². The summed E-state index contributed by atoms with van der Waals surface area (Å²) in [5, 5.41) is 10.2. The van der Waals surface area contributed by atoms with Crippen molar-refractivity contribution in [3.8, 4) is 5.75 Å². The van der Waals surface area contributed by atoms with Gasteiger partial charge in [-0.05, 0) is 43.7 Å². The van der Waals surface area contributed by atoms with Crippen molar-refractivity contribution >= 4 is 17.6 Å². The number of hydrogen-bond acceptors (Lipinski definition) is 4. The number of anilines is 1. The molecule has 1 heterocycles. The second kappa shape index (κ2) is 7.58. The van der Waals surface area contributed by atoms with Crippen molar-refractivity contribution in [2.75, 3.05) is 18.1 Å². The molecule has 0 unspecified atom stereocenters. The number of hydrogen-bond donors (Lipinski definition) is 1. The lowest BCUT2D eigenvalue weighted by atomic mass is 10.2. The predicted molar refractivity (Wildman–Crippen MR) is 98.2 cm³/mol. The zero-order valence-corrected chi connectivity index (χ0v) is 14.8. The first-order chi connectivity index (χ1) is 12.5. The molecule has 6 nitrogen and oxygen atoms in total. The number of β-amino-alcohol motifs (C(OH)–C–C–N with tert-alkyl or cyclic N) is 1. The first-order valence-corrected chi connectivity index (χ1v) is 8.54. The number of para-hydroxylation sites is 1. The number of rotatable bonds is 6. The van der Waals surface area contributed by atoms with Crippen LogP contribution >= 0.6 is 0 Å². The molecule has 2 aromatic carbocycles. The highest BCUT2D eigenvalue weighted by atomic mass is 16.5. The van der Waals surface area contributed by atoms with Crippen LogP contribution in [0, 0.1) is 6.92 Å². The van der Waals surface area contributed by atoms with Gasteiger partial charge in [0.2, 0.25) is 0 Å². The average molecular weight is 354 g/mol. The molecule has 0 saturated carbocycles. The summed E-state index contributed by atoms with van der Waals surface area (Å²) in [4.78, 5) is 27.7. The molecule has 136 valence electrons. The predicted octanol–water partition coefficient (Wildman–Crippen LogP) is 2.59. The van der Waals surface area contributed by atoms with E-state index in [1.807, 2.05) is 43.3 Å². The maximum Gasteiger partial charge on any atom is 0.332 e. The summed E-state index contributed by atoms with van der Waals surface area (Å²) in [6, 6.07) is 15.5. The van der Waals surface area contributed by atoms with Crippen molar-refractivity contribution in [2.45, 2.75) is 26.0 Å². The van der Waals surface area contributed by atoms with Crippen LogP contribution in [0.5, 0.6) is 5.75 Å². The Morgan fingerprint density at radius 2 is 1.85 bits per heavy atom. The molecule has 26 heavy (non-hydrogen) atoms. The molecule has 2 atom stereocenters. The monoisotopic (exact) mass is 354 g/mol. The van der Waals surface area contributed by atoms with Gasteiger partial charge in [0.25, 0.3) is 5.91 Å². The fourth-order valence-corrected chi connectivity index (χ4v) is 2.98. The normalized spacial score (nSPS) is 18.3. The number of urea groups is 1. The van der Waals surface area contributed by atoms with Crippen molar-refractivity contribution in [1.29, 1.82) is 0 Å². The maximum atomic E-state index is 12.7. The number of carbonyl (C=O) groups excluding carboxylic acids is 2. The molecule has 1 saturated heterocycles. The first kappa shape index (κ1) is 17.9. The van der Waals surface area contributed by atoms with Crippen molar-refractivity contribution in [2.24, 2.45) is 0 Å². The second-order valence-corrected chi connectivity index (χ2v) is 6.39. The van der Waals surface area contributed by atoms with Gasteiger partial charge in [0.1, 0.15) is 24.5 Å². The van der Waals surface area contributed by atoms with E-state index in [2.05, 4.69) is 0 Å². The minimum Gasteiger partial charge on any atom is -0.491 e. The number of carbonyl (C=O) groups is 2. The lowest BCUT2D eigenvalue weighted by molar-refractivity contribution is -0.128. The van der Waals surface area contributed by atoms with Crippen LogP contribution in [0.1, 0.15) is 12.5 Å². The highest BCUT2D eigenvalue weighted by molar-refractivity contribution is 6.14. The Morgan fingerprint density at radius 3 is 2.54 bits per heavy atom. The molecular formula is C20H22N2O4. The maximum absolute atomic E-state index is 12.7. The Morgan fingerprint density at radius 1 is 1.12 bits per heavy atom. The van der Waals surface area contributed by atoms with Gasteiger partial charge in [-0.3, -0.25) is 14.6 Å². The fraction of sp³-hybridized carbons (Fsp3) is 0.300. The van der Waals surface area contributed by atoms with Gasteiger partial charge in [-0.25, -0.2) is 4.79 Å². The second-order valence-electron chi connectivity index (χ2n) is 6.39. The third-order valence-electron chi connectivity index (χ3n) is 4.31. The van der Waals surface area contributed by atoms with Crippen molar-refractivity contribution in [3.05, 3.63) is 60.2 Å². The standard InChI is InChI=1S/C20H22N2O4/c1-14-7-6-10-18(11-14)26-13-17(23)12-21-19(24)15(2)22(20(21)25)16-8-4-3-5-9-16/h3-11,15,17,23H,12-13H2,1-2H3/t15-,17+/m0/s1. The van der Waals surface area contributed by atoms with Crippen LogP contribution in [0.2, 0.25) is 0 Å². The average Bonchev–Trinajstić information content (AvgIpc) is 2.84. The van der Waals surface area contributed by atoms with E-state index in [-0.39, 0.29) is 19.1 Å². The van der Waals surface area contributed by atoms with Crippen LogP contribution in [0.15, 0.2) is 54.6 Å². The lowest BCUT2D eigenvalue weighted by Crippen LogP contribution is -2.40. The van der Waals surface area contributed by atoms with Crippen LogP contribution in [-0.4, -0.2) is 47.2 Å². The van der Waals surface area contributed by atoms with Gasteiger partial charge < -0.3 is 9.84 Å². The summed E-state index contributed by atoms with van der Waals surface area (Å²) in [6.07, 6.45) is -0.966. The number of amides is 3. The van der Waals surface area contributed by atoms with Crippen LogP contribution in [0.3, 0.4) is 0 Å². The van der Waals surface area contributed by atoms with Gasteiger partial charge in [-0.1, -0.05) is 30.3 Å². The Labute approximate surface area is 152 Å². The number of nitrogens with zero attached hydrogens (tertiary/aromatic N) is 2. The largest absolute Gasteiger partial charge is 0.491 e. The molecule has 0 bridgehead atoms. The Kier molecular flexibility index (Phi) is 5.23. The van der Waals surface area contributed by atoms with E-state index >= 15 is 0 Å². The van der Waals surface area contributed by atoms with Gasteiger partial charge >= 0.3 is 6.03 Å². The highest BCUT2D eigenvalue weighted by Gasteiger charge is 2.43. The molecule has 1 aliphatic rings. The first-order valence-electron chi connectivity index (χ1n) is 8.54. The third kappa shape index (κ3) is 3.70. The number of aliphatic hydroxyl groups is 1. The van der Waals surface area contributed by atoms with Crippen LogP contribution in [-0.2, 0) is 4.79 Å². The van der Waals surface area contributed by atoms with Gasteiger partial charge in [-0.15, -0.1) is 0 Å². The van der Waals surface area contributed by atoms with E-state index in [1.54, 1.807) is 25.1 Å². The van der Waals surface area contributed by atoms with Crippen LogP contribution < -0.4 is 9.64 Å². The molecule has 6 heteroatoms. The zero-order chi connectivity index (χ0) is 18.7. The number of ether oxygens (including phenoxy) is 1. The third-order valence-corrected chi connectivity index (χ3v) is 4.31. The Balaban J connectivity index is 1.63. The van der Waals surface area contributed by atoms with E-state index in [9.17, 15) is 14.7 Å². The molecule has 3 amide bonds. The molecule has 1 N–H and O–H groups in total. The van der Waals surface area contributed by atoms with Gasteiger partial charge in [0, 0.05) is 5.69 Å². The molecule has 0 aromatic heterocycles. The van der Waals surface area contributed by atoms with Gasteiger partial charge in [0.05, 0.1) is 6.54 Å². The smallest absolute Gasteiger partial charge is 0.332 e. The van der Waals surface area contributed by atoms with E-state index in [0.29, 0.717) is 11.4 Å². The lowest BCUT2D eigenvalue weighted by Gasteiger charge is -2.20. The minimum atomic E-state index is -0.966. The summed E-state index contributed by atoms with van der Waals surface area (Å²) in [7, 11) is 0. The van der Waals surface area contributed by atoms with Gasteiger partial charge in [0.15, 0.2) is 0 Å². The van der Waals surface area contributed by atoms with Crippen molar-refractivity contribution in [3.63, 3.8) is 0 Å². The highest BCUT2D eigenvalue weighted by Crippen LogP contribution is 2.25. The van der Waals surface area contributed by atoms with Crippen LogP contribution in [0.25, 0.3) is 0 Å². The molecule has 3 rings (SSSR count). The molecule has 0 aliphatic carbocycles. The van der Waals surface area contributed by atoms with E-state index in [0.717, 1.165) is 10.5 Å². The summed E-state index contributed by atoms with van der Waals surface area (Å²) in [6.45, 7) is 3.53. The number of benzene rings is 2. The summed E-state index contributed by atoms with van der Waals surface area (Å²) in [5.74, 6) is 0.316. The number of imide groups is 1. The molecule has 1 aliphatic heterocycles. The van der Waals surface area contributed by atoms with Gasteiger partial charge in [-0.2, -0.15) is 0 Å². The molecule has 1 fully saturated rings.